The number of Topliss-reactive ketones (excluding diaryl/α,β-unsaturated/α-hetero) is 1. The lowest BCUT2D eigenvalue weighted by atomic mass is 9.65. The van der Waals surface area contributed by atoms with Gasteiger partial charge in [-0.05, 0) is 50.2 Å². The van der Waals surface area contributed by atoms with Crippen LogP contribution in [-0.4, -0.2) is 5.78 Å². The van der Waals surface area contributed by atoms with Crippen molar-refractivity contribution in [2.75, 3.05) is 0 Å². The summed E-state index contributed by atoms with van der Waals surface area (Å²) in [5.41, 5.74) is 4.73. The Bertz CT molecular complexity index is 701. The molecule has 1 heteroatoms. The van der Waals surface area contributed by atoms with Gasteiger partial charge in [-0.3, -0.25) is 4.79 Å². The summed E-state index contributed by atoms with van der Waals surface area (Å²) in [6.45, 7) is 6.51. The van der Waals surface area contributed by atoms with Crippen LogP contribution in [0.1, 0.15) is 65.6 Å². The second-order valence-electron chi connectivity index (χ2n) is 7.41. The Hall–Kier alpha value is -1.89. The summed E-state index contributed by atoms with van der Waals surface area (Å²) in [6, 6.07) is 16.5. The van der Waals surface area contributed by atoms with Crippen molar-refractivity contribution in [3.63, 3.8) is 0 Å². The van der Waals surface area contributed by atoms with Gasteiger partial charge in [0.1, 0.15) is 0 Å². The molecule has 120 valence electrons. The van der Waals surface area contributed by atoms with E-state index in [9.17, 15) is 4.79 Å². The van der Waals surface area contributed by atoms with Gasteiger partial charge in [-0.1, -0.05) is 67.4 Å². The van der Waals surface area contributed by atoms with Crippen molar-refractivity contribution in [3.8, 4) is 0 Å². The highest BCUT2D eigenvalue weighted by atomic mass is 16.1. The zero-order chi connectivity index (χ0) is 16.4. The maximum atomic E-state index is 13.0. The molecule has 0 saturated heterocycles. The van der Waals surface area contributed by atoms with E-state index < -0.39 is 0 Å². The molecule has 2 aromatic rings. The fourth-order valence-corrected chi connectivity index (χ4v) is 4.18. The van der Waals surface area contributed by atoms with Crippen molar-refractivity contribution in [2.45, 2.75) is 52.4 Å². The summed E-state index contributed by atoms with van der Waals surface area (Å²) in [5, 5.41) is 0. The Kier molecular flexibility index (Phi) is 4.39. The van der Waals surface area contributed by atoms with Gasteiger partial charge in [-0.25, -0.2) is 0 Å². The molecule has 1 saturated carbocycles. The largest absolute Gasteiger partial charge is 0.294 e. The topological polar surface area (TPSA) is 17.1 Å². The third-order valence-corrected chi connectivity index (χ3v) is 5.43. The van der Waals surface area contributed by atoms with E-state index >= 15 is 0 Å². The fourth-order valence-electron chi connectivity index (χ4n) is 4.18. The summed E-state index contributed by atoms with van der Waals surface area (Å²) in [4.78, 5) is 13.0. The Morgan fingerprint density at radius 1 is 1.09 bits per heavy atom. The Labute approximate surface area is 139 Å². The molecular weight excluding hydrogens is 280 g/mol. The van der Waals surface area contributed by atoms with Crippen molar-refractivity contribution in [2.24, 2.45) is 5.41 Å². The molecule has 0 heterocycles. The minimum Gasteiger partial charge on any atom is -0.294 e. The Morgan fingerprint density at radius 2 is 1.83 bits per heavy atom. The molecule has 0 bridgehead atoms. The average molecular weight is 306 g/mol. The van der Waals surface area contributed by atoms with Crippen molar-refractivity contribution >= 4 is 5.78 Å². The summed E-state index contributed by atoms with van der Waals surface area (Å²) in [7, 11) is 0. The van der Waals surface area contributed by atoms with E-state index in [1.807, 2.05) is 30.3 Å². The molecule has 0 radical (unpaired) electrons. The zero-order valence-electron chi connectivity index (χ0n) is 14.4. The van der Waals surface area contributed by atoms with Gasteiger partial charge in [0, 0.05) is 11.0 Å². The van der Waals surface area contributed by atoms with E-state index in [2.05, 4.69) is 39.0 Å². The van der Waals surface area contributed by atoms with Gasteiger partial charge in [0.2, 0.25) is 0 Å². The fraction of sp³-hybridized carbons (Fsp3) is 0.409. The van der Waals surface area contributed by atoms with E-state index in [0.29, 0.717) is 11.7 Å². The maximum Gasteiger partial charge on any atom is 0.168 e. The van der Waals surface area contributed by atoms with Gasteiger partial charge in [0.15, 0.2) is 5.78 Å². The van der Waals surface area contributed by atoms with E-state index in [1.54, 1.807) is 0 Å². The molecule has 0 spiro atoms. The lowest BCUT2D eigenvalue weighted by Crippen LogP contribution is -2.33. The van der Waals surface area contributed by atoms with Crippen LogP contribution in [0, 0.1) is 19.3 Å². The number of carbonyl (C=O) groups is 1. The molecule has 23 heavy (non-hydrogen) atoms. The van der Waals surface area contributed by atoms with Crippen molar-refractivity contribution in [1.82, 2.24) is 0 Å². The van der Waals surface area contributed by atoms with Crippen LogP contribution in [-0.2, 0) is 0 Å². The van der Waals surface area contributed by atoms with E-state index in [1.165, 1.54) is 23.1 Å². The summed E-state index contributed by atoms with van der Waals surface area (Å²) >= 11 is 0. The number of rotatable bonds is 3. The van der Waals surface area contributed by atoms with Gasteiger partial charge in [0.05, 0.1) is 0 Å². The van der Waals surface area contributed by atoms with Crippen LogP contribution in [0.4, 0.5) is 0 Å². The first-order chi connectivity index (χ1) is 11.0. The summed E-state index contributed by atoms with van der Waals surface area (Å²) in [5.74, 6) is 0.814. The summed E-state index contributed by atoms with van der Waals surface area (Å²) < 4.78 is 0. The van der Waals surface area contributed by atoms with Gasteiger partial charge >= 0.3 is 0 Å². The quantitative estimate of drug-likeness (QED) is 0.650. The van der Waals surface area contributed by atoms with Crippen LogP contribution in [0.3, 0.4) is 0 Å². The number of carbonyl (C=O) groups excluding carboxylic acids is 1. The highest BCUT2D eigenvalue weighted by molar-refractivity contribution is 6.00. The van der Waals surface area contributed by atoms with Crippen LogP contribution in [0.15, 0.2) is 48.5 Å². The Balaban J connectivity index is 1.86. The molecular formula is C22H26O. The monoisotopic (exact) mass is 306 g/mol. The number of hydrogen-bond donors (Lipinski definition) is 0. The van der Waals surface area contributed by atoms with Gasteiger partial charge in [-0.2, -0.15) is 0 Å². The number of aryl methyl sites for hydroxylation is 2. The number of ketones is 1. The maximum absolute atomic E-state index is 13.0. The predicted molar refractivity (Wildman–Crippen MR) is 96.0 cm³/mol. The molecule has 0 N–H and O–H groups in total. The average Bonchev–Trinajstić information content (AvgIpc) is 2.55. The van der Waals surface area contributed by atoms with Gasteiger partial charge in [-0.15, -0.1) is 0 Å². The predicted octanol–water partition coefficient (Wildman–Crippen LogP) is 5.85. The molecule has 2 aromatic carbocycles. The Morgan fingerprint density at radius 3 is 2.52 bits per heavy atom. The van der Waals surface area contributed by atoms with E-state index in [4.69, 9.17) is 0 Å². The smallest absolute Gasteiger partial charge is 0.168 e. The standard InChI is InChI=1S/C22H26O/c1-16-11-12-20(17(2)14-16)19-10-7-13-22(3,15-19)21(23)18-8-5-4-6-9-18/h4-6,8-9,11-12,14,19H,7,10,13,15H2,1-3H3. The summed E-state index contributed by atoms with van der Waals surface area (Å²) in [6.07, 6.45) is 4.29. The molecule has 1 fully saturated rings. The first kappa shape index (κ1) is 16.0. The van der Waals surface area contributed by atoms with Crippen molar-refractivity contribution in [1.29, 1.82) is 0 Å². The van der Waals surface area contributed by atoms with E-state index in [-0.39, 0.29) is 5.41 Å². The van der Waals surface area contributed by atoms with Gasteiger partial charge in [0.25, 0.3) is 0 Å². The molecule has 0 aromatic heterocycles. The lowest BCUT2D eigenvalue weighted by Gasteiger charge is -2.38. The van der Waals surface area contributed by atoms with Crippen LogP contribution >= 0.6 is 0 Å². The SMILES string of the molecule is Cc1ccc(C2CCCC(C)(C(=O)c3ccccc3)C2)c(C)c1. The molecule has 1 aliphatic rings. The van der Waals surface area contributed by atoms with Crippen LogP contribution in [0.5, 0.6) is 0 Å². The number of benzene rings is 2. The van der Waals surface area contributed by atoms with Crippen LogP contribution < -0.4 is 0 Å². The van der Waals surface area contributed by atoms with Crippen LogP contribution in [0.25, 0.3) is 0 Å². The highest BCUT2D eigenvalue weighted by Crippen LogP contribution is 2.46. The molecule has 0 amide bonds. The minimum absolute atomic E-state index is 0.235. The van der Waals surface area contributed by atoms with E-state index in [0.717, 1.165) is 24.8 Å². The first-order valence-corrected chi connectivity index (χ1v) is 8.67. The first-order valence-electron chi connectivity index (χ1n) is 8.67. The number of hydrogen-bond acceptors (Lipinski definition) is 1. The highest BCUT2D eigenvalue weighted by Gasteiger charge is 2.39. The third kappa shape index (κ3) is 3.24. The molecule has 2 unspecified atom stereocenters. The van der Waals surface area contributed by atoms with Gasteiger partial charge < -0.3 is 0 Å². The minimum atomic E-state index is -0.235. The lowest BCUT2D eigenvalue weighted by molar-refractivity contribution is 0.0729. The molecule has 3 rings (SSSR count). The third-order valence-electron chi connectivity index (χ3n) is 5.43. The van der Waals surface area contributed by atoms with Crippen molar-refractivity contribution in [3.05, 3.63) is 70.8 Å². The molecule has 1 nitrogen and oxygen atoms in total. The second kappa shape index (κ2) is 6.31. The molecule has 0 aliphatic heterocycles. The zero-order valence-corrected chi connectivity index (χ0v) is 14.4. The molecule has 1 aliphatic carbocycles. The molecule has 2 atom stereocenters. The second-order valence-corrected chi connectivity index (χ2v) is 7.41. The van der Waals surface area contributed by atoms with Crippen molar-refractivity contribution < 1.29 is 4.79 Å². The normalized spacial score (nSPS) is 24.4. The van der Waals surface area contributed by atoms with Crippen LogP contribution in [0.2, 0.25) is 0 Å².